The molecule has 0 aromatic heterocycles. The summed E-state index contributed by atoms with van der Waals surface area (Å²) in [5.74, 6) is -1.48. The zero-order valence-electron chi connectivity index (χ0n) is 13.1. The maximum absolute atomic E-state index is 13.7. The average molecular weight is 335 g/mol. The van der Waals surface area contributed by atoms with Crippen LogP contribution in [0.2, 0.25) is 0 Å². The lowest BCUT2D eigenvalue weighted by Gasteiger charge is -2.28. The Hall–Kier alpha value is -1.99. The molecule has 1 amide bonds. The fourth-order valence-corrected chi connectivity index (χ4v) is 2.21. The molecular weight excluding hydrogens is 318 g/mol. The standard InChI is InChI=1S/C15H17F4NO3/c1-14(2,3)23-13(21)20(4)11-7-22-12-6-9(15(17,18)19)10(16)5-8(11)12/h5-6,11H,7H2,1-4H3/t11-/m1/s1. The minimum Gasteiger partial charge on any atom is -0.491 e. The highest BCUT2D eigenvalue weighted by molar-refractivity contribution is 5.69. The molecule has 0 saturated carbocycles. The third-order valence-corrected chi connectivity index (χ3v) is 3.31. The SMILES string of the molecule is CN(C(=O)OC(C)(C)C)[C@@H]1COc2cc(C(F)(F)F)c(F)cc21. The quantitative estimate of drug-likeness (QED) is 0.724. The zero-order chi connectivity index (χ0) is 17.6. The molecule has 0 bridgehead atoms. The summed E-state index contributed by atoms with van der Waals surface area (Å²) in [6.45, 7) is 5.00. The molecule has 0 unspecified atom stereocenters. The van der Waals surface area contributed by atoms with Crippen LogP contribution in [0.4, 0.5) is 22.4 Å². The second kappa shape index (κ2) is 5.58. The molecule has 1 aliphatic rings. The summed E-state index contributed by atoms with van der Waals surface area (Å²) in [6.07, 6.45) is -5.48. The molecule has 8 heteroatoms. The molecule has 1 heterocycles. The molecule has 1 aliphatic heterocycles. The number of likely N-dealkylation sites (N-methyl/N-ethyl adjacent to an activating group) is 1. The first-order valence-corrected chi connectivity index (χ1v) is 6.89. The van der Waals surface area contributed by atoms with Crippen molar-refractivity contribution in [3.8, 4) is 5.75 Å². The predicted molar refractivity (Wildman–Crippen MR) is 73.6 cm³/mol. The molecule has 0 radical (unpaired) electrons. The van der Waals surface area contributed by atoms with E-state index in [1.54, 1.807) is 20.8 Å². The van der Waals surface area contributed by atoms with Gasteiger partial charge in [-0.2, -0.15) is 13.2 Å². The summed E-state index contributed by atoms with van der Waals surface area (Å²) in [5.41, 5.74) is -1.93. The van der Waals surface area contributed by atoms with E-state index in [4.69, 9.17) is 9.47 Å². The van der Waals surface area contributed by atoms with Crippen molar-refractivity contribution in [3.05, 3.63) is 29.1 Å². The van der Waals surface area contributed by atoms with Gasteiger partial charge in [-0.05, 0) is 32.9 Å². The van der Waals surface area contributed by atoms with Gasteiger partial charge < -0.3 is 14.4 Å². The fraction of sp³-hybridized carbons (Fsp3) is 0.533. The summed E-state index contributed by atoms with van der Waals surface area (Å²) in [4.78, 5) is 13.2. The van der Waals surface area contributed by atoms with Crippen LogP contribution in [-0.4, -0.2) is 30.2 Å². The summed E-state index contributed by atoms with van der Waals surface area (Å²) in [7, 11) is 1.42. The van der Waals surface area contributed by atoms with Gasteiger partial charge in [0.05, 0.1) is 11.6 Å². The topological polar surface area (TPSA) is 38.8 Å². The van der Waals surface area contributed by atoms with Crippen molar-refractivity contribution < 1.29 is 31.8 Å². The number of nitrogens with zero attached hydrogens (tertiary/aromatic N) is 1. The molecule has 23 heavy (non-hydrogen) atoms. The van der Waals surface area contributed by atoms with Crippen LogP contribution in [0.5, 0.6) is 5.75 Å². The summed E-state index contributed by atoms with van der Waals surface area (Å²) < 4.78 is 62.2. The van der Waals surface area contributed by atoms with Crippen LogP contribution in [-0.2, 0) is 10.9 Å². The lowest BCUT2D eigenvalue weighted by atomic mass is 10.0. The van der Waals surface area contributed by atoms with E-state index in [2.05, 4.69) is 0 Å². The summed E-state index contributed by atoms with van der Waals surface area (Å²) in [5, 5.41) is 0. The third-order valence-electron chi connectivity index (χ3n) is 3.31. The van der Waals surface area contributed by atoms with Crippen molar-refractivity contribution in [2.75, 3.05) is 13.7 Å². The fourth-order valence-electron chi connectivity index (χ4n) is 2.21. The molecule has 0 spiro atoms. The van der Waals surface area contributed by atoms with Gasteiger partial charge in [-0.3, -0.25) is 0 Å². The van der Waals surface area contributed by atoms with Gasteiger partial charge in [0.1, 0.15) is 23.8 Å². The number of carbonyl (C=O) groups excluding carboxylic acids is 1. The van der Waals surface area contributed by atoms with E-state index in [1.807, 2.05) is 0 Å². The van der Waals surface area contributed by atoms with Crippen LogP contribution >= 0.6 is 0 Å². The van der Waals surface area contributed by atoms with Gasteiger partial charge in [0.25, 0.3) is 0 Å². The van der Waals surface area contributed by atoms with Gasteiger partial charge in [-0.1, -0.05) is 0 Å². The second-order valence-corrected chi connectivity index (χ2v) is 6.29. The molecule has 2 rings (SSSR count). The van der Waals surface area contributed by atoms with Crippen molar-refractivity contribution in [3.63, 3.8) is 0 Å². The maximum atomic E-state index is 13.7. The molecule has 1 atom stereocenters. The molecule has 0 N–H and O–H groups in total. The van der Waals surface area contributed by atoms with Gasteiger partial charge in [0, 0.05) is 12.6 Å². The number of alkyl halides is 3. The smallest absolute Gasteiger partial charge is 0.419 e. The number of fused-ring (bicyclic) bond motifs is 1. The largest absolute Gasteiger partial charge is 0.491 e. The number of carbonyl (C=O) groups is 1. The van der Waals surface area contributed by atoms with Crippen molar-refractivity contribution in [1.29, 1.82) is 0 Å². The Kier molecular flexibility index (Phi) is 4.21. The Morgan fingerprint density at radius 1 is 1.30 bits per heavy atom. The first kappa shape index (κ1) is 17.4. The van der Waals surface area contributed by atoms with E-state index in [0.717, 1.165) is 6.07 Å². The number of halogens is 4. The van der Waals surface area contributed by atoms with Crippen LogP contribution in [0.3, 0.4) is 0 Å². The molecule has 0 saturated heterocycles. The highest BCUT2D eigenvalue weighted by Crippen LogP contribution is 2.41. The Morgan fingerprint density at radius 3 is 2.43 bits per heavy atom. The highest BCUT2D eigenvalue weighted by atomic mass is 19.4. The van der Waals surface area contributed by atoms with E-state index < -0.39 is 35.3 Å². The minimum absolute atomic E-state index is 0.0637. The van der Waals surface area contributed by atoms with Gasteiger partial charge in [-0.15, -0.1) is 0 Å². The Labute approximate surface area is 131 Å². The second-order valence-electron chi connectivity index (χ2n) is 6.29. The molecular formula is C15H17F4NO3. The first-order chi connectivity index (χ1) is 10.4. The van der Waals surface area contributed by atoms with E-state index in [0.29, 0.717) is 6.07 Å². The number of hydrogen-bond acceptors (Lipinski definition) is 3. The average Bonchev–Trinajstić information content (AvgIpc) is 2.76. The molecule has 128 valence electrons. The van der Waals surface area contributed by atoms with E-state index in [9.17, 15) is 22.4 Å². The van der Waals surface area contributed by atoms with E-state index in [1.165, 1.54) is 11.9 Å². The summed E-state index contributed by atoms with van der Waals surface area (Å²) >= 11 is 0. The molecule has 0 fully saturated rings. The van der Waals surface area contributed by atoms with Gasteiger partial charge >= 0.3 is 12.3 Å². The summed E-state index contributed by atoms with van der Waals surface area (Å²) in [6, 6.07) is 0.668. The zero-order valence-corrected chi connectivity index (χ0v) is 13.1. The van der Waals surface area contributed by atoms with Crippen LogP contribution in [0.25, 0.3) is 0 Å². The first-order valence-electron chi connectivity index (χ1n) is 6.89. The lowest BCUT2D eigenvalue weighted by molar-refractivity contribution is -0.140. The number of benzene rings is 1. The third kappa shape index (κ3) is 3.68. The lowest BCUT2D eigenvalue weighted by Crippen LogP contribution is -2.37. The number of ether oxygens (including phenoxy) is 2. The van der Waals surface area contributed by atoms with E-state index in [-0.39, 0.29) is 17.9 Å². The highest BCUT2D eigenvalue weighted by Gasteiger charge is 2.39. The minimum atomic E-state index is -4.81. The number of rotatable bonds is 1. The Bertz CT molecular complexity index is 622. The van der Waals surface area contributed by atoms with Crippen LogP contribution in [0, 0.1) is 5.82 Å². The Balaban J connectivity index is 2.29. The van der Waals surface area contributed by atoms with Gasteiger partial charge in [0.2, 0.25) is 0 Å². The van der Waals surface area contributed by atoms with Crippen molar-refractivity contribution >= 4 is 6.09 Å². The van der Waals surface area contributed by atoms with Crippen LogP contribution < -0.4 is 4.74 Å². The normalized spacial score (nSPS) is 17.5. The monoisotopic (exact) mass is 335 g/mol. The van der Waals surface area contributed by atoms with Crippen LogP contribution in [0.15, 0.2) is 12.1 Å². The van der Waals surface area contributed by atoms with Crippen molar-refractivity contribution in [2.45, 2.75) is 38.6 Å². The number of hydrogen-bond donors (Lipinski definition) is 0. The maximum Gasteiger partial charge on any atom is 0.419 e. The van der Waals surface area contributed by atoms with Crippen molar-refractivity contribution in [2.24, 2.45) is 0 Å². The predicted octanol–water partition coefficient (Wildman–Crippen LogP) is 4.14. The van der Waals surface area contributed by atoms with Gasteiger partial charge in [0.15, 0.2) is 0 Å². The molecule has 1 aromatic rings. The van der Waals surface area contributed by atoms with Crippen molar-refractivity contribution in [1.82, 2.24) is 4.90 Å². The number of amides is 1. The molecule has 1 aromatic carbocycles. The Morgan fingerprint density at radius 2 is 1.91 bits per heavy atom. The molecule has 0 aliphatic carbocycles. The van der Waals surface area contributed by atoms with Gasteiger partial charge in [-0.25, -0.2) is 9.18 Å². The van der Waals surface area contributed by atoms with E-state index >= 15 is 0 Å². The van der Waals surface area contributed by atoms with Crippen LogP contribution in [0.1, 0.15) is 37.9 Å². The molecule has 4 nitrogen and oxygen atoms in total.